The molecule has 0 N–H and O–H groups in total. The summed E-state index contributed by atoms with van der Waals surface area (Å²) in [6.07, 6.45) is 0. The predicted octanol–water partition coefficient (Wildman–Crippen LogP) is 4.56. The summed E-state index contributed by atoms with van der Waals surface area (Å²) in [5.74, 6) is -0.0399. The van der Waals surface area contributed by atoms with Crippen LogP contribution in [0.5, 0.6) is 0 Å². The first kappa shape index (κ1) is 13.7. The largest absolute Gasteiger partial charge is 0.369 e. The highest BCUT2D eigenvalue weighted by molar-refractivity contribution is 9.10. The molecule has 0 aliphatic heterocycles. The van der Waals surface area contributed by atoms with Crippen molar-refractivity contribution in [3.05, 3.63) is 55.6 Å². The van der Waals surface area contributed by atoms with Crippen molar-refractivity contribution in [3.63, 3.8) is 0 Å². The zero-order valence-corrected chi connectivity index (χ0v) is 12.5. The molecule has 0 aliphatic carbocycles. The first-order chi connectivity index (χ1) is 8.65. The molecule has 0 atom stereocenters. The fraction of sp³-hybridized carbons (Fsp3) is 0.154. The highest BCUT2D eigenvalue weighted by Crippen LogP contribution is 2.21. The number of Topliss-reactive ketones (excluding diaryl/α,β-unsaturated/α-hetero) is 1. The lowest BCUT2D eigenvalue weighted by molar-refractivity contribution is 0.0730. The second kappa shape index (κ2) is 6.48. The molecule has 0 saturated carbocycles. The summed E-state index contributed by atoms with van der Waals surface area (Å²) in [7, 11) is 0. The topological polar surface area (TPSA) is 26.3 Å². The molecule has 0 radical (unpaired) electrons. The minimum Gasteiger partial charge on any atom is -0.369 e. The molecule has 18 heavy (non-hydrogen) atoms. The Kier molecular flexibility index (Phi) is 4.95. The molecule has 2 aromatic rings. The molecule has 1 heterocycles. The molecule has 5 heteroatoms. The van der Waals surface area contributed by atoms with Crippen molar-refractivity contribution in [2.24, 2.45) is 0 Å². The van der Waals surface area contributed by atoms with Gasteiger partial charge in [0.05, 0.1) is 15.8 Å². The number of carbonyl (C=O) groups excluding carboxylic acids is 1. The van der Waals surface area contributed by atoms with Crippen LogP contribution in [0.2, 0.25) is 4.34 Å². The number of carbonyl (C=O) groups is 1. The lowest BCUT2D eigenvalue weighted by Gasteiger charge is -2.03. The molecule has 2 rings (SSSR count). The van der Waals surface area contributed by atoms with E-state index in [9.17, 15) is 4.79 Å². The third-order valence-corrected chi connectivity index (χ3v) is 4.00. The summed E-state index contributed by atoms with van der Waals surface area (Å²) >= 11 is 10.4. The summed E-state index contributed by atoms with van der Waals surface area (Å²) in [6, 6.07) is 11.2. The van der Waals surface area contributed by atoms with Gasteiger partial charge in [-0.3, -0.25) is 4.79 Å². The van der Waals surface area contributed by atoms with E-state index in [1.54, 1.807) is 12.1 Å². The van der Waals surface area contributed by atoms with Crippen LogP contribution in [0.3, 0.4) is 0 Å². The van der Waals surface area contributed by atoms with Gasteiger partial charge in [0.25, 0.3) is 0 Å². The summed E-state index contributed by atoms with van der Waals surface area (Å²) in [5.41, 5.74) is 1.03. The maximum Gasteiger partial charge on any atom is 0.198 e. The SMILES string of the molecule is O=C(COCc1cccc(Br)c1)c1ccc(Cl)s1. The molecule has 0 unspecified atom stereocenters. The number of hydrogen-bond donors (Lipinski definition) is 0. The van der Waals surface area contributed by atoms with Gasteiger partial charge in [0.1, 0.15) is 6.61 Å². The monoisotopic (exact) mass is 344 g/mol. The van der Waals surface area contributed by atoms with E-state index in [1.807, 2.05) is 24.3 Å². The van der Waals surface area contributed by atoms with E-state index < -0.39 is 0 Å². The predicted molar refractivity (Wildman–Crippen MR) is 77.5 cm³/mol. The number of rotatable bonds is 5. The standard InChI is InChI=1S/C13H10BrClO2S/c14-10-3-1-2-9(6-10)7-17-8-11(16)12-4-5-13(15)18-12/h1-6H,7-8H2. The fourth-order valence-corrected chi connectivity index (χ4v) is 2.84. The van der Waals surface area contributed by atoms with Crippen molar-refractivity contribution < 1.29 is 9.53 Å². The van der Waals surface area contributed by atoms with Crippen LogP contribution < -0.4 is 0 Å². The molecule has 0 spiro atoms. The summed E-state index contributed by atoms with van der Waals surface area (Å²) < 4.78 is 7.01. The first-order valence-corrected chi connectivity index (χ1v) is 7.24. The van der Waals surface area contributed by atoms with E-state index in [1.165, 1.54) is 11.3 Å². The van der Waals surface area contributed by atoms with Gasteiger partial charge in [-0.25, -0.2) is 0 Å². The quantitative estimate of drug-likeness (QED) is 0.742. The average molecular weight is 346 g/mol. The van der Waals surface area contributed by atoms with Crippen molar-refractivity contribution in [2.45, 2.75) is 6.61 Å². The van der Waals surface area contributed by atoms with Crippen LogP contribution >= 0.6 is 38.9 Å². The van der Waals surface area contributed by atoms with Gasteiger partial charge in [-0.1, -0.05) is 39.7 Å². The van der Waals surface area contributed by atoms with Gasteiger partial charge in [-0.05, 0) is 29.8 Å². The molecular weight excluding hydrogens is 336 g/mol. The molecule has 1 aromatic heterocycles. The van der Waals surface area contributed by atoms with E-state index in [2.05, 4.69) is 15.9 Å². The maximum absolute atomic E-state index is 11.7. The normalized spacial score (nSPS) is 10.6. The number of halogens is 2. The van der Waals surface area contributed by atoms with Gasteiger partial charge in [-0.15, -0.1) is 11.3 Å². The van der Waals surface area contributed by atoms with Crippen molar-refractivity contribution in [1.82, 2.24) is 0 Å². The Bertz CT molecular complexity index is 553. The number of thiophene rings is 1. The Balaban J connectivity index is 1.84. The van der Waals surface area contributed by atoms with E-state index in [4.69, 9.17) is 16.3 Å². The van der Waals surface area contributed by atoms with Gasteiger partial charge in [-0.2, -0.15) is 0 Å². The first-order valence-electron chi connectivity index (χ1n) is 5.26. The molecule has 94 valence electrons. The highest BCUT2D eigenvalue weighted by atomic mass is 79.9. The number of ketones is 1. The summed E-state index contributed by atoms with van der Waals surface area (Å²) in [5, 5.41) is 0. The Hall–Kier alpha value is -0.680. The minimum atomic E-state index is -0.0399. The van der Waals surface area contributed by atoms with E-state index >= 15 is 0 Å². The molecule has 0 amide bonds. The van der Waals surface area contributed by atoms with Crippen LogP contribution in [0.4, 0.5) is 0 Å². The Labute approximate surface area is 123 Å². The Morgan fingerprint density at radius 2 is 2.17 bits per heavy atom. The van der Waals surface area contributed by atoms with E-state index in [-0.39, 0.29) is 12.4 Å². The van der Waals surface area contributed by atoms with Crippen LogP contribution in [0.15, 0.2) is 40.9 Å². The van der Waals surface area contributed by atoms with Crippen LogP contribution in [0, 0.1) is 0 Å². The maximum atomic E-state index is 11.7. The van der Waals surface area contributed by atoms with E-state index in [0.717, 1.165) is 10.0 Å². The summed E-state index contributed by atoms with van der Waals surface area (Å²) in [4.78, 5) is 12.4. The lowest BCUT2D eigenvalue weighted by atomic mass is 10.2. The third-order valence-electron chi connectivity index (χ3n) is 2.24. The van der Waals surface area contributed by atoms with Crippen molar-refractivity contribution in [3.8, 4) is 0 Å². The van der Waals surface area contributed by atoms with Gasteiger partial charge in [0.2, 0.25) is 0 Å². The Morgan fingerprint density at radius 3 is 2.83 bits per heavy atom. The number of benzene rings is 1. The molecule has 0 saturated heterocycles. The van der Waals surface area contributed by atoms with Crippen LogP contribution in [0.1, 0.15) is 15.2 Å². The second-order valence-corrected chi connectivity index (χ2v) is 6.28. The molecular formula is C13H10BrClO2S. The van der Waals surface area contributed by atoms with Crippen molar-refractivity contribution in [1.29, 1.82) is 0 Å². The lowest BCUT2D eigenvalue weighted by Crippen LogP contribution is -2.07. The molecule has 0 fully saturated rings. The molecule has 2 nitrogen and oxygen atoms in total. The van der Waals surface area contributed by atoms with Crippen LogP contribution in [0.25, 0.3) is 0 Å². The average Bonchev–Trinajstić information content (AvgIpc) is 2.76. The number of ether oxygens (including phenoxy) is 1. The van der Waals surface area contributed by atoms with E-state index in [0.29, 0.717) is 15.8 Å². The summed E-state index contributed by atoms with van der Waals surface area (Å²) in [6.45, 7) is 0.494. The molecule has 1 aromatic carbocycles. The highest BCUT2D eigenvalue weighted by Gasteiger charge is 2.08. The molecule has 0 aliphatic rings. The zero-order valence-electron chi connectivity index (χ0n) is 9.36. The minimum absolute atomic E-state index is 0.0399. The third kappa shape index (κ3) is 3.92. The second-order valence-electron chi connectivity index (χ2n) is 3.65. The van der Waals surface area contributed by atoms with Crippen LogP contribution in [-0.2, 0) is 11.3 Å². The van der Waals surface area contributed by atoms with Gasteiger partial charge in [0, 0.05) is 4.47 Å². The van der Waals surface area contributed by atoms with Gasteiger partial charge < -0.3 is 4.74 Å². The smallest absolute Gasteiger partial charge is 0.198 e. The zero-order chi connectivity index (χ0) is 13.0. The van der Waals surface area contributed by atoms with Gasteiger partial charge in [0.15, 0.2) is 5.78 Å². The molecule has 0 bridgehead atoms. The Morgan fingerprint density at radius 1 is 1.33 bits per heavy atom. The van der Waals surface area contributed by atoms with Crippen molar-refractivity contribution >= 4 is 44.7 Å². The number of hydrogen-bond acceptors (Lipinski definition) is 3. The van der Waals surface area contributed by atoms with Crippen molar-refractivity contribution in [2.75, 3.05) is 6.61 Å². The fourth-order valence-electron chi connectivity index (χ4n) is 1.42. The van der Waals surface area contributed by atoms with Crippen LogP contribution in [-0.4, -0.2) is 12.4 Å². The van der Waals surface area contributed by atoms with Gasteiger partial charge >= 0.3 is 0 Å².